The van der Waals surface area contributed by atoms with Crippen molar-refractivity contribution in [2.75, 3.05) is 6.54 Å². The monoisotopic (exact) mass is 223 g/mol. The van der Waals surface area contributed by atoms with Crippen molar-refractivity contribution in [3.05, 3.63) is 24.2 Å². The number of hydrogen-bond acceptors (Lipinski definition) is 3. The van der Waals surface area contributed by atoms with Gasteiger partial charge in [-0.25, -0.2) is 0 Å². The molecule has 0 saturated heterocycles. The zero-order valence-corrected chi connectivity index (χ0v) is 9.86. The van der Waals surface area contributed by atoms with Crippen LogP contribution < -0.4 is 5.32 Å². The average Bonchev–Trinajstić information content (AvgIpc) is 2.73. The SMILES string of the molecule is CC(CC1CCC1)NCC(O)c1ccco1. The molecule has 2 atom stereocenters. The Kier molecular flexibility index (Phi) is 4.02. The molecule has 2 rings (SSSR count). The van der Waals surface area contributed by atoms with Crippen LogP contribution in [0.2, 0.25) is 0 Å². The molecule has 16 heavy (non-hydrogen) atoms. The third kappa shape index (κ3) is 3.09. The van der Waals surface area contributed by atoms with Gasteiger partial charge in [-0.1, -0.05) is 19.3 Å². The summed E-state index contributed by atoms with van der Waals surface area (Å²) in [4.78, 5) is 0. The average molecular weight is 223 g/mol. The van der Waals surface area contributed by atoms with E-state index in [9.17, 15) is 5.11 Å². The summed E-state index contributed by atoms with van der Waals surface area (Å²) < 4.78 is 5.15. The van der Waals surface area contributed by atoms with Crippen LogP contribution in [0, 0.1) is 5.92 Å². The van der Waals surface area contributed by atoms with Crippen molar-refractivity contribution >= 4 is 0 Å². The van der Waals surface area contributed by atoms with Crippen LogP contribution in [0.5, 0.6) is 0 Å². The lowest BCUT2D eigenvalue weighted by atomic mass is 9.81. The topological polar surface area (TPSA) is 45.4 Å². The first kappa shape index (κ1) is 11.7. The van der Waals surface area contributed by atoms with Crippen LogP contribution in [0.1, 0.15) is 44.5 Å². The molecule has 1 aromatic rings. The van der Waals surface area contributed by atoms with Gasteiger partial charge in [-0.05, 0) is 31.4 Å². The molecular formula is C13H21NO2. The van der Waals surface area contributed by atoms with E-state index in [2.05, 4.69) is 12.2 Å². The number of rotatable bonds is 6. The van der Waals surface area contributed by atoms with E-state index >= 15 is 0 Å². The third-order valence-corrected chi connectivity index (χ3v) is 3.44. The highest BCUT2D eigenvalue weighted by Gasteiger charge is 2.20. The van der Waals surface area contributed by atoms with E-state index in [-0.39, 0.29) is 0 Å². The fraction of sp³-hybridized carbons (Fsp3) is 0.692. The Morgan fingerprint density at radius 3 is 2.94 bits per heavy atom. The van der Waals surface area contributed by atoms with Crippen LogP contribution in [0.25, 0.3) is 0 Å². The van der Waals surface area contributed by atoms with E-state index in [0.29, 0.717) is 18.3 Å². The zero-order valence-electron chi connectivity index (χ0n) is 9.86. The van der Waals surface area contributed by atoms with Gasteiger partial charge in [0.2, 0.25) is 0 Å². The van der Waals surface area contributed by atoms with Crippen LogP contribution in [0.4, 0.5) is 0 Å². The second kappa shape index (κ2) is 5.51. The lowest BCUT2D eigenvalue weighted by molar-refractivity contribution is 0.140. The van der Waals surface area contributed by atoms with Gasteiger partial charge in [0.05, 0.1) is 6.26 Å². The molecule has 2 N–H and O–H groups in total. The van der Waals surface area contributed by atoms with Crippen molar-refractivity contribution in [2.45, 2.75) is 44.8 Å². The summed E-state index contributed by atoms with van der Waals surface area (Å²) in [5.74, 6) is 1.55. The molecular weight excluding hydrogens is 202 g/mol. The minimum Gasteiger partial charge on any atom is -0.467 e. The summed E-state index contributed by atoms with van der Waals surface area (Å²) in [6.45, 7) is 2.76. The molecule has 1 aliphatic rings. The van der Waals surface area contributed by atoms with Gasteiger partial charge in [0.1, 0.15) is 11.9 Å². The number of aliphatic hydroxyl groups excluding tert-OH is 1. The van der Waals surface area contributed by atoms with Crippen LogP contribution in [-0.4, -0.2) is 17.7 Å². The molecule has 90 valence electrons. The van der Waals surface area contributed by atoms with E-state index in [0.717, 1.165) is 5.92 Å². The van der Waals surface area contributed by atoms with Crippen LogP contribution in [-0.2, 0) is 0 Å². The molecule has 2 unspecified atom stereocenters. The van der Waals surface area contributed by atoms with E-state index in [1.165, 1.54) is 25.7 Å². The highest BCUT2D eigenvalue weighted by atomic mass is 16.4. The summed E-state index contributed by atoms with van der Waals surface area (Å²) in [7, 11) is 0. The summed E-state index contributed by atoms with van der Waals surface area (Å²) in [5, 5.41) is 13.2. The molecule has 3 heteroatoms. The van der Waals surface area contributed by atoms with Crippen LogP contribution in [0.3, 0.4) is 0 Å². The number of nitrogens with one attached hydrogen (secondary N) is 1. The number of hydrogen-bond donors (Lipinski definition) is 2. The van der Waals surface area contributed by atoms with Crippen LogP contribution >= 0.6 is 0 Å². The van der Waals surface area contributed by atoms with Crippen molar-refractivity contribution in [1.29, 1.82) is 0 Å². The molecule has 0 amide bonds. The van der Waals surface area contributed by atoms with Crippen molar-refractivity contribution in [3.8, 4) is 0 Å². The fourth-order valence-corrected chi connectivity index (χ4v) is 2.21. The molecule has 1 aromatic heterocycles. The lowest BCUT2D eigenvalue weighted by Crippen LogP contribution is -2.33. The highest BCUT2D eigenvalue weighted by molar-refractivity contribution is 5.02. The first-order valence-electron chi connectivity index (χ1n) is 6.20. The van der Waals surface area contributed by atoms with E-state index in [1.807, 2.05) is 6.07 Å². The van der Waals surface area contributed by atoms with Gasteiger partial charge in [0.25, 0.3) is 0 Å². The Hall–Kier alpha value is -0.800. The van der Waals surface area contributed by atoms with E-state index in [4.69, 9.17) is 4.42 Å². The summed E-state index contributed by atoms with van der Waals surface area (Å²) >= 11 is 0. The minimum absolute atomic E-state index is 0.481. The van der Waals surface area contributed by atoms with E-state index < -0.39 is 6.10 Å². The molecule has 0 radical (unpaired) electrons. The zero-order chi connectivity index (χ0) is 11.4. The molecule has 1 aliphatic carbocycles. The van der Waals surface area contributed by atoms with Crippen molar-refractivity contribution in [3.63, 3.8) is 0 Å². The Labute approximate surface area is 96.8 Å². The number of aliphatic hydroxyl groups is 1. The Morgan fingerprint density at radius 1 is 1.56 bits per heavy atom. The van der Waals surface area contributed by atoms with Crippen molar-refractivity contribution < 1.29 is 9.52 Å². The van der Waals surface area contributed by atoms with Crippen molar-refractivity contribution in [2.24, 2.45) is 5.92 Å². The Morgan fingerprint density at radius 2 is 2.38 bits per heavy atom. The third-order valence-electron chi connectivity index (χ3n) is 3.44. The van der Waals surface area contributed by atoms with Gasteiger partial charge in [-0.3, -0.25) is 0 Å². The molecule has 1 saturated carbocycles. The fourth-order valence-electron chi connectivity index (χ4n) is 2.21. The maximum absolute atomic E-state index is 9.81. The predicted molar refractivity (Wildman–Crippen MR) is 63.1 cm³/mol. The van der Waals surface area contributed by atoms with E-state index in [1.54, 1.807) is 12.3 Å². The highest BCUT2D eigenvalue weighted by Crippen LogP contribution is 2.30. The maximum Gasteiger partial charge on any atom is 0.133 e. The smallest absolute Gasteiger partial charge is 0.133 e. The lowest BCUT2D eigenvalue weighted by Gasteiger charge is -2.28. The normalized spacial score (nSPS) is 20.4. The molecule has 1 heterocycles. The van der Waals surface area contributed by atoms with Gasteiger partial charge in [-0.15, -0.1) is 0 Å². The Bertz CT molecular complexity index is 293. The van der Waals surface area contributed by atoms with Gasteiger partial charge in [0.15, 0.2) is 0 Å². The quantitative estimate of drug-likeness (QED) is 0.778. The molecule has 3 nitrogen and oxygen atoms in total. The van der Waals surface area contributed by atoms with Gasteiger partial charge in [-0.2, -0.15) is 0 Å². The number of furan rings is 1. The Balaban J connectivity index is 1.66. The first-order valence-corrected chi connectivity index (χ1v) is 6.20. The first-order chi connectivity index (χ1) is 7.75. The molecule has 0 bridgehead atoms. The second-order valence-corrected chi connectivity index (χ2v) is 4.87. The van der Waals surface area contributed by atoms with Gasteiger partial charge >= 0.3 is 0 Å². The predicted octanol–water partition coefficient (Wildman–Crippen LogP) is 2.48. The largest absolute Gasteiger partial charge is 0.467 e. The second-order valence-electron chi connectivity index (χ2n) is 4.87. The summed E-state index contributed by atoms with van der Waals surface area (Å²) in [6, 6.07) is 4.09. The standard InChI is InChI=1S/C13H21NO2/c1-10(8-11-4-2-5-11)14-9-12(15)13-6-3-7-16-13/h3,6-7,10-12,14-15H,2,4-5,8-9H2,1H3. The van der Waals surface area contributed by atoms with Gasteiger partial charge in [0, 0.05) is 12.6 Å². The summed E-state index contributed by atoms with van der Waals surface area (Å²) in [6.07, 6.45) is 6.45. The molecule has 0 aromatic carbocycles. The molecule has 0 aliphatic heterocycles. The van der Waals surface area contributed by atoms with Crippen molar-refractivity contribution in [1.82, 2.24) is 5.32 Å². The van der Waals surface area contributed by atoms with Crippen LogP contribution in [0.15, 0.2) is 22.8 Å². The minimum atomic E-state index is -0.529. The molecule has 1 fully saturated rings. The summed E-state index contributed by atoms with van der Waals surface area (Å²) in [5.41, 5.74) is 0. The maximum atomic E-state index is 9.81. The van der Waals surface area contributed by atoms with Gasteiger partial charge < -0.3 is 14.8 Å². The molecule has 0 spiro atoms.